The van der Waals surface area contributed by atoms with E-state index < -0.39 is 0 Å². The fourth-order valence-electron chi connectivity index (χ4n) is 2.55. The predicted octanol–water partition coefficient (Wildman–Crippen LogP) is 2.47. The fraction of sp³-hybridized carbons (Fsp3) is 0.889. The minimum absolute atomic E-state index is 0.260. The summed E-state index contributed by atoms with van der Waals surface area (Å²) in [7, 11) is 0. The molecule has 12 heavy (non-hydrogen) atoms. The Balaban J connectivity index is 1.98. The number of likely N-dealkylation sites (tertiary alicyclic amines) is 1. The van der Waals surface area contributed by atoms with E-state index >= 15 is 0 Å². The molecular weight excluding hydrogens is 174 g/mol. The first-order valence-corrected chi connectivity index (χ1v) is 5.09. The first kappa shape index (κ1) is 8.36. The van der Waals surface area contributed by atoms with E-state index in [1.807, 2.05) is 0 Å². The zero-order valence-corrected chi connectivity index (χ0v) is 7.89. The maximum absolute atomic E-state index is 10.9. The second kappa shape index (κ2) is 3.25. The Morgan fingerprint density at radius 1 is 1.17 bits per heavy atom. The van der Waals surface area contributed by atoms with Crippen molar-refractivity contribution in [2.24, 2.45) is 11.8 Å². The number of carbonyl (C=O) groups is 1. The Kier molecular flexibility index (Phi) is 2.26. The lowest BCUT2D eigenvalue weighted by Crippen LogP contribution is -2.23. The molecule has 1 aliphatic heterocycles. The zero-order valence-electron chi connectivity index (χ0n) is 7.13. The number of hydrogen-bond acceptors (Lipinski definition) is 1. The van der Waals surface area contributed by atoms with E-state index in [2.05, 4.69) is 0 Å². The molecule has 0 bridgehead atoms. The summed E-state index contributed by atoms with van der Waals surface area (Å²) in [5.74, 6) is 1.50. The normalized spacial score (nSPS) is 34.9. The Bertz CT molecular complexity index is 181. The highest BCUT2D eigenvalue weighted by molar-refractivity contribution is 6.62. The Morgan fingerprint density at radius 3 is 2.08 bits per heavy atom. The van der Waals surface area contributed by atoms with Crippen LogP contribution in [0.4, 0.5) is 4.79 Å². The second-order valence-electron chi connectivity index (χ2n) is 3.96. The number of rotatable bonds is 0. The lowest BCUT2D eigenvalue weighted by molar-refractivity contribution is 0.230. The molecule has 0 aromatic carbocycles. The van der Waals surface area contributed by atoms with Gasteiger partial charge in [0, 0.05) is 13.1 Å². The maximum Gasteiger partial charge on any atom is 0.316 e. The van der Waals surface area contributed by atoms with Crippen molar-refractivity contribution in [1.82, 2.24) is 4.90 Å². The molecule has 1 amide bonds. The van der Waals surface area contributed by atoms with Crippen molar-refractivity contribution in [3.63, 3.8) is 0 Å². The molecule has 0 N–H and O–H groups in total. The van der Waals surface area contributed by atoms with Gasteiger partial charge in [-0.2, -0.15) is 0 Å². The van der Waals surface area contributed by atoms with E-state index in [1.165, 1.54) is 25.7 Å². The van der Waals surface area contributed by atoms with Crippen molar-refractivity contribution in [1.29, 1.82) is 0 Å². The predicted molar refractivity (Wildman–Crippen MR) is 48.3 cm³/mol. The number of amides is 1. The molecule has 1 saturated heterocycles. The minimum Gasteiger partial charge on any atom is -0.329 e. The van der Waals surface area contributed by atoms with Gasteiger partial charge in [0.05, 0.1) is 0 Å². The van der Waals surface area contributed by atoms with E-state index in [-0.39, 0.29) is 5.37 Å². The van der Waals surface area contributed by atoms with Gasteiger partial charge in [-0.15, -0.1) is 0 Å². The summed E-state index contributed by atoms with van der Waals surface area (Å²) in [6.45, 7) is 1.82. The zero-order chi connectivity index (χ0) is 8.55. The monoisotopic (exact) mass is 187 g/mol. The molecule has 1 aliphatic carbocycles. The van der Waals surface area contributed by atoms with Gasteiger partial charge >= 0.3 is 5.37 Å². The van der Waals surface area contributed by atoms with Crippen LogP contribution in [0.3, 0.4) is 0 Å². The van der Waals surface area contributed by atoms with Gasteiger partial charge in [0.25, 0.3) is 0 Å². The average Bonchev–Trinajstić information content (AvgIpc) is 2.46. The Hall–Kier alpha value is -0.240. The third-order valence-electron chi connectivity index (χ3n) is 3.22. The molecule has 1 saturated carbocycles. The van der Waals surface area contributed by atoms with Crippen LogP contribution in [0.5, 0.6) is 0 Å². The van der Waals surface area contributed by atoms with Gasteiger partial charge in [0.1, 0.15) is 0 Å². The number of carbonyl (C=O) groups excluding carboxylic acids is 1. The van der Waals surface area contributed by atoms with Crippen LogP contribution in [-0.2, 0) is 0 Å². The molecule has 2 nitrogen and oxygen atoms in total. The number of hydrogen-bond donors (Lipinski definition) is 0. The highest BCUT2D eigenvalue weighted by atomic mass is 35.5. The second-order valence-corrected chi connectivity index (χ2v) is 4.29. The molecule has 0 radical (unpaired) electrons. The van der Waals surface area contributed by atoms with Crippen LogP contribution in [0.15, 0.2) is 0 Å². The van der Waals surface area contributed by atoms with Crippen LogP contribution >= 0.6 is 11.6 Å². The molecule has 68 valence electrons. The quantitative estimate of drug-likeness (QED) is 0.422. The Labute approximate surface area is 77.9 Å². The van der Waals surface area contributed by atoms with Crippen molar-refractivity contribution in [3.05, 3.63) is 0 Å². The SMILES string of the molecule is O=C(Cl)N1CC2CCCCC2C1. The van der Waals surface area contributed by atoms with Crippen molar-refractivity contribution in [3.8, 4) is 0 Å². The molecular formula is C9H14ClNO. The summed E-state index contributed by atoms with van der Waals surface area (Å²) in [6.07, 6.45) is 5.27. The lowest BCUT2D eigenvalue weighted by Gasteiger charge is -2.22. The van der Waals surface area contributed by atoms with Crippen molar-refractivity contribution < 1.29 is 4.79 Å². The molecule has 0 spiro atoms. The van der Waals surface area contributed by atoms with E-state index in [9.17, 15) is 4.79 Å². The molecule has 0 aromatic heterocycles. The number of nitrogens with zero attached hydrogens (tertiary/aromatic N) is 1. The molecule has 2 unspecified atom stereocenters. The van der Waals surface area contributed by atoms with Crippen LogP contribution in [0.25, 0.3) is 0 Å². The average molecular weight is 188 g/mol. The van der Waals surface area contributed by atoms with Crippen LogP contribution in [-0.4, -0.2) is 23.4 Å². The van der Waals surface area contributed by atoms with Crippen LogP contribution in [0.2, 0.25) is 0 Å². The lowest BCUT2D eigenvalue weighted by atomic mass is 9.82. The largest absolute Gasteiger partial charge is 0.329 e. The molecule has 2 atom stereocenters. The third-order valence-corrected chi connectivity index (χ3v) is 3.46. The van der Waals surface area contributed by atoms with Crippen LogP contribution in [0.1, 0.15) is 25.7 Å². The van der Waals surface area contributed by atoms with E-state index in [4.69, 9.17) is 11.6 Å². The van der Waals surface area contributed by atoms with Gasteiger partial charge in [0.15, 0.2) is 0 Å². The van der Waals surface area contributed by atoms with Crippen LogP contribution < -0.4 is 0 Å². The molecule has 2 aliphatic rings. The van der Waals surface area contributed by atoms with E-state index in [0.29, 0.717) is 0 Å². The highest BCUT2D eigenvalue weighted by Crippen LogP contribution is 2.36. The van der Waals surface area contributed by atoms with Gasteiger partial charge in [-0.3, -0.25) is 4.79 Å². The molecule has 2 fully saturated rings. The summed E-state index contributed by atoms with van der Waals surface area (Å²) in [5, 5.41) is -0.260. The first-order valence-electron chi connectivity index (χ1n) is 4.72. The minimum atomic E-state index is -0.260. The van der Waals surface area contributed by atoms with Gasteiger partial charge in [-0.1, -0.05) is 12.8 Å². The van der Waals surface area contributed by atoms with Crippen molar-refractivity contribution >= 4 is 17.0 Å². The third kappa shape index (κ3) is 1.45. The topological polar surface area (TPSA) is 20.3 Å². The van der Waals surface area contributed by atoms with Gasteiger partial charge in [0.2, 0.25) is 0 Å². The van der Waals surface area contributed by atoms with Gasteiger partial charge in [-0.05, 0) is 36.3 Å². The summed E-state index contributed by atoms with van der Waals surface area (Å²) < 4.78 is 0. The molecule has 0 aromatic rings. The summed E-state index contributed by atoms with van der Waals surface area (Å²) >= 11 is 5.44. The molecule has 2 rings (SSSR count). The summed E-state index contributed by atoms with van der Waals surface area (Å²) in [6, 6.07) is 0. The first-order chi connectivity index (χ1) is 5.77. The number of fused-ring (bicyclic) bond motifs is 1. The molecule has 3 heteroatoms. The van der Waals surface area contributed by atoms with Gasteiger partial charge in [-0.25, -0.2) is 0 Å². The van der Waals surface area contributed by atoms with E-state index in [0.717, 1.165) is 24.9 Å². The maximum atomic E-state index is 10.9. The van der Waals surface area contributed by atoms with Crippen LogP contribution in [0, 0.1) is 11.8 Å². The molecule has 1 heterocycles. The van der Waals surface area contributed by atoms with E-state index in [1.54, 1.807) is 4.90 Å². The van der Waals surface area contributed by atoms with Crippen molar-refractivity contribution in [2.75, 3.05) is 13.1 Å². The van der Waals surface area contributed by atoms with Gasteiger partial charge < -0.3 is 4.90 Å². The fourth-order valence-corrected chi connectivity index (χ4v) is 2.69. The smallest absolute Gasteiger partial charge is 0.316 e. The summed E-state index contributed by atoms with van der Waals surface area (Å²) in [4.78, 5) is 12.7. The highest BCUT2D eigenvalue weighted by Gasteiger charge is 2.35. The standard InChI is InChI=1S/C9H14ClNO/c10-9(12)11-5-7-3-1-2-4-8(7)6-11/h7-8H,1-6H2. The summed E-state index contributed by atoms with van der Waals surface area (Å²) in [5.41, 5.74) is 0. The Morgan fingerprint density at radius 2 is 1.67 bits per heavy atom. The number of halogens is 1. The van der Waals surface area contributed by atoms with Crippen molar-refractivity contribution in [2.45, 2.75) is 25.7 Å².